The van der Waals surface area contributed by atoms with E-state index < -0.39 is 0 Å². The van der Waals surface area contributed by atoms with E-state index in [2.05, 4.69) is 27.7 Å². The van der Waals surface area contributed by atoms with Gasteiger partial charge in [0.1, 0.15) is 0 Å². The summed E-state index contributed by atoms with van der Waals surface area (Å²) in [6.07, 6.45) is 6.28. The molecule has 0 heterocycles. The van der Waals surface area contributed by atoms with Crippen LogP contribution in [-0.2, 0) is 0 Å². The normalized spacial score (nSPS) is 35.3. The van der Waals surface area contributed by atoms with Crippen molar-refractivity contribution < 1.29 is 0 Å². The molecule has 0 amide bonds. The molecule has 0 saturated heterocycles. The first kappa shape index (κ1) is 11.0. The molecule has 0 bridgehead atoms. The average Bonchev–Trinajstić information content (AvgIpc) is 2.27. The van der Waals surface area contributed by atoms with E-state index in [1.807, 2.05) is 0 Å². The van der Waals surface area contributed by atoms with Crippen LogP contribution in [0.15, 0.2) is 0 Å². The SMILES string of the molecule is CC1CCC(N)(CCC(C)(C)C)C1. The summed E-state index contributed by atoms with van der Waals surface area (Å²) in [6, 6.07) is 0. The summed E-state index contributed by atoms with van der Waals surface area (Å²) in [5, 5.41) is 0. The van der Waals surface area contributed by atoms with Gasteiger partial charge < -0.3 is 5.73 Å². The van der Waals surface area contributed by atoms with Crippen LogP contribution in [0.5, 0.6) is 0 Å². The summed E-state index contributed by atoms with van der Waals surface area (Å²) < 4.78 is 0. The number of rotatable bonds is 2. The van der Waals surface area contributed by atoms with Gasteiger partial charge in [-0.1, -0.05) is 27.7 Å². The zero-order valence-corrected chi connectivity index (χ0v) is 9.69. The fourth-order valence-corrected chi connectivity index (χ4v) is 2.28. The molecule has 0 aromatic rings. The van der Waals surface area contributed by atoms with E-state index in [0.717, 1.165) is 5.92 Å². The van der Waals surface area contributed by atoms with Crippen molar-refractivity contribution in [2.75, 3.05) is 0 Å². The zero-order chi connectivity index (χ0) is 10.1. The van der Waals surface area contributed by atoms with Gasteiger partial charge in [-0.25, -0.2) is 0 Å². The lowest BCUT2D eigenvalue weighted by Gasteiger charge is -2.28. The first-order chi connectivity index (χ1) is 5.81. The van der Waals surface area contributed by atoms with E-state index in [4.69, 9.17) is 5.73 Å². The third-order valence-corrected chi connectivity index (χ3v) is 3.26. The van der Waals surface area contributed by atoms with Crippen molar-refractivity contribution in [3.63, 3.8) is 0 Å². The summed E-state index contributed by atoms with van der Waals surface area (Å²) >= 11 is 0. The Labute approximate surface area is 83.1 Å². The minimum atomic E-state index is 0.173. The van der Waals surface area contributed by atoms with E-state index in [0.29, 0.717) is 5.41 Å². The Balaban J connectivity index is 2.36. The van der Waals surface area contributed by atoms with E-state index in [1.165, 1.54) is 32.1 Å². The van der Waals surface area contributed by atoms with E-state index in [-0.39, 0.29) is 5.54 Å². The summed E-state index contributed by atoms with van der Waals surface area (Å²) in [5.74, 6) is 0.852. The average molecular weight is 183 g/mol. The molecule has 2 atom stereocenters. The van der Waals surface area contributed by atoms with Crippen molar-refractivity contribution in [3.05, 3.63) is 0 Å². The Kier molecular flexibility index (Phi) is 3.06. The van der Waals surface area contributed by atoms with E-state index in [1.54, 1.807) is 0 Å². The highest BCUT2D eigenvalue weighted by Crippen LogP contribution is 2.37. The van der Waals surface area contributed by atoms with Crippen molar-refractivity contribution in [2.45, 2.75) is 65.3 Å². The van der Waals surface area contributed by atoms with Gasteiger partial charge in [0, 0.05) is 5.54 Å². The first-order valence-corrected chi connectivity index (χ1v) is 5.60. The van der Waals surface area contributed by atoms with Gasteiger partial charge in [0.15, 0.2) is 0 Å². The molecular formula is C12H25N. The molecular weight excluding hydrogens is 158 g/mol. The van der Waals surface area contributed by atoms with Crippen LogP contribution in [0, 0.1) is 11.3 Å². The van der Waals surface area contributed by atoms with Crippen LogP contribution in [0.25, 0.3) is 0 Å². The van der Waals surface area contributed by atoms with Crippen LogP contribution in [0.1, 0.15) is 59.8 Å². The Hall–Kier alpha value is -0.0400. The maximum absolute atomic E-state index is 6.36. The van der Waals surface area contributed by atoms with Crippen LogP contribution in [0.4, 0.5) is 0 Å². The predicted molar refractivity (Wildman–Crippen MR) is 58.6 cm³/mol. The predicted octanol–water partition coefficient (Wildman–Crippen LogP) is 3.33. The lowest BCUT2D eigenvalue weighted by atomic mass is 9.82. The van der Waals surface area contributed by atoms with Crippen LogP contribution in [-0.4, -0.2) is 5.54 Å². The fraction of sp³-hybridized carbons (Fsp3) is 1.00. The molecule has 1 fully saturated rings. The van der Waals surface area contributed by atoms with Crippen molar-refractivity contribution in [1.29, 1.82) is 0 Å². The Bertz CT molecular complexity index is 168. The molecule has 0 aliphatic heterocycles. The van der Waals surface area contributed by atoms with E-state index >= 15 is 0 Å². The van der Waals surface area contributed by atoms with Crippen molar-refractivity contribution in [1.82, 2.24) is 0 Å². The molecule has 2 unspecified atom stereocenters. The van der Waals surface area contributed by atoms with Gasteiger partial charge in [-0.2, -0.15) is 0 Å². The third-order valence-electron chi connectivity index (χ3n) is 3.26. The maximum Gasteiger partial charge on any atom is 0.0157 e. The number of hydrogen-bond acceptors (Lipinski definition) is 1. The second kappa shape index (κ2) is 3.61. The van der Waals surface area contributed by atoms with Crippen molar-refractivity contribution in [3.8, 4) is 0 Å². The molecule has 0 aromatic heterocycles. The smallest absolute Gasteiger partial charge is 0.0157 e. The van der Waals surface area contributed by atoms with Gasteiger partial charge in [0.25, 0.3) is 0 Å². The number of hydrogen-bond donors (Lipinski definition) is 1. The van der Waals surface area contributed by atoms with Gasteiger partial charge in [0.05, 0.1) is 0 Å². The molecule has 1 aliphatic rings. The molecule has 2 N–H and O–H groups in total. The minimum Gasteiger partial charge on any atom is -0.325 e. The second-order valence-corrected chi connectivity index (χ2v) is 6.27. The second-order valence-electron chi connectivity index (χ2n) is 6.27. The molecule has 78 valence electrons. The fourth-order valence-electron chi connectivity index (χ4n) is 2.28. The molecule has 1 aliphatic carbocycles. The van der Waals surface area contributed by atoms with Gasteiger partial charge in [-0.05, 0) is 43.4 Å². The van der Waals surface area contributed by atoms with Gasteiger partial charge >= 0.3 is 0 Å². The number of nitrogens with two attached hydrogens (primary N) is 1. The zero-order valence-electron chi connectivity index (χ0n) is 9.69. The molecule has 1 heteroatoms. The van der Waals surface area contributed by atoms with E-state index in [9.17, 15) is 0 Å². The van der Waals surface area contributed by atoms with Crippen molar-refractivity contribution in [2.24, 2.45) is 17.1 Å². The van der Waals surface area contributed by atoms with Crippen molar-refractivity contribution >= 4 is 0 Å². The van der Waals surface area contributed by atoms with Crippen LogP contribution in [0.2, 0.25) is 0 Å². The molecule has 0 radical (unpaired) electrons. The third kappa shape index (κ3) is 3.68. The lowest BCUT2D eigenvalue weighted by Crippen LogP contribution is -2.37. The lowest BCUT2D eigenvalue weighted by molar-refractivity contribution is 0.289. The molecule has 0 spiro atoms. The van der Waals surface area contributed by atoms with Crippen LogP contribution in [0.3, 0.4) is 0 Å². The summed E-state index contributed by atoms with van der Waals surface area (Å²) in [4.78, 5) is 0. The highest BCUT2D eigenvalue weighted by Gasteiger charge is 2.33. The molecule has 1 saturated carbocycles. The highest BCUT2D eigenvalue weighted by atomic mass is 14.8. The summed E-state index contributed by atoms with van der Waals surface area (Å²) in [7, 11) is 0. The Morgan fingerprint density at radius 2 is 2.00 bits per heavy atom. The standard InChI is InChI=1S/C12H25N/c1-10-5-6-12(13,9-10)8-7-11(2,3)4/h10H,5-9,13H2,1-4H3. The molecule has 1 rings (SSSR count). The molecule has 13 heavy (non-hydrogen) atoms. The Morgan fingerprint density at radius 1 is 1.38 bits per heavy atom. The minimum absolute atomic E-state index is 0.173. The molecule has 1 nitrogen and oxygen atoms in total. The summed E-state index contributed by atoms with van der Waals surface area (Å²) in [6.45, 7) is 9.23. The highest BCUT2D eigenvalue weighted by molar-refractivity contribution is 4.92. The largest absolute Gasteiger partial charge is 0.325 e. The summed E-state index contributed by atoms with van der Waals surface area (Å²) in [5.41, 5.74) is 6.97. The quantitative estimate of drug-likeness (QED) is 0.698. The van der Waals surface area contributed by atoms with Gasteiger partial charge in [-0.15, -0.1) is 0 Å². The first-order valence-electron chi connectivity index (χ1n) is 5.60. The Morgan fingerprint density at radius 3 is 2.38 bits per heavy atom. The monoisotopic (exact) mass is 183 g/mol. The van der Waals surface area contributed by atoms with Crippen LogP contribution < -0.4 is 5.73 Å². The van der Waals surface area contributed by atoms with Gasteiger partial charge in [0.2, 0.25) is 0 Å². The van der Waals surface area contributed by atoms with Crippen LogP contribution >= 0.6 is 0 Å². The van der Waals surface area contributed by atoms with Gasteiger partial charge in [-0.3, -0.25) is 0 Å². The topological polar surface area (TPSA) is 26.0 Å². The molecule has 0 aromatic carbocycles. The maximum atomic E-state index is 6.36.